The monoisotopic (exact) mass is 346 g/mol. The second kappa shape index (κ2) is 6.48. The number of imidazole rings is 1. The van der Waals surface area contributed by atoms with Gasteiger partial charge in [0.15, 0.2) is 5.69 Å². The van der Waals surface area contributed by atoms with Crippen LogP contribution in [0.4, 0.5) is 0 Å². The number of nitrogens with zero attached hydrogens (tertiary/aromatic N) is 4. The molecule has 4 aromatic heterocycles. The zero-order chi connectivity index (χ0) is 18.1. The standard InChI is InChI=1S/C20H18N4O2/c1-3-26-20(25)17-12-21-18-10-9-15(13-24(17)18)16-7-5-11-23(16)19-8-4-6-14(2)22-19/h4-13H,3H2,1-2H3. The average Bonchev–Trinajstić information content (AvgIpc) is 3.28. The third-order valence-corrected chi connectivity index (χ3v) is 4.16. The Morgan fingerprint density at radius 1 is 1.15 bits per heavy atom. The van der Waals surface area contributed by atoms with Crippen molar-refractivity contribution < 1.29 is 9.53 Å². The molecular formula is C20H18N4O2. The second-order valence-electron chi connectivity index (χ2n) is 5.91. The predicted molar refractivity (Wildman–Crippen MR) is 98.4 cm³/mol. The summed E-state index contributed by atoms with van der Waals surface area (Å²) >= 11 is 0. The van der Waals surface area contributed by atoms with E-state index < -0.39 is 0 Å². The minimum atomic E-state index is -0.382. The van der Waals surface area contributed by atoms with E-state index in [1.54, 1.807) is 11.3 Å². The van der Waals surface area contributed by atoms with Gasteiger partial charge in [0.1, 0.15) is 11.5 Å². The minimum Gasteiger partial charge on any atom is -0.461 e. The number of aryl methyl sites for hydroxylation is 1. The van der Waals surface area contributed by atoms with Crippen molar-refractivity contribution in [3.05, 3.63) is 72.4 Å². The van der Waals surface area contributed by atoms with Crippen LogP contribution in [0.3, 0.4) is 0 Å². The molecule has 0 spiro atoms. The molecule has 0 aliphatic carbocycles. The fourth-order valence-electron chi connectivity index (χ4n) is 2.97. The first-order chi connectivity index (χ1) is 12.7. The van der Waals surface area contributed by atoms with Crippen LogP contribution >= 0.6 is 0 Å². The van der Waals surface area contributed by atoms with Crippen molar-refractivity contribution in [2.24, 2.45) is 0 Å². The zero-order valence-electron chi connectivity index (χ0n) is 14.6. The van der Waals surface area contributed by atoms with Crippen molar-refractivity contribution in [1.82, 2.24) is 18.9 Å². The lowest BCUT2D eigenvalue weighted by molar-refractivity contribution is 0.0518. The van der Waals surface area contributed by atoms with Gasteiger partial charge in [0.05, 0.1) is 18.5 Å². The summed E-state index contributed by atoms with van der Waals surface area (Å²) in [5, 5.41) is 0. The molecule has 0 aromatic carbocycles. The van der Waals surface area contributed by atoms with Gasteiger partial charge in [-0.2, -0.15) is 0 Å². The first kappa shape index (κ1) is 16.1. The number of ether oxygens (including phenoxy) is 1. The minimum absolute atomic E-state index is 0.327. The third-order valence-electron chi connectivity index (χ3n) is 4.16. The normalized spacial score (nSPS) is 11.0. The Morgan fingerprint density at radius 2 is 2.04 bits per heavy atom. The number of pyridine rings is 2. The Balaban J connectivity index is 1.82. The Kier molecular flexibility index (Phi) is 4.01. The average molecular weight is 346 g/mol. The van der Waals surface area contributed by atoms with Crippen molar-refractivity contribution in [3.8, 4) is 17.1 Å². The summed E-state index contributed by atoms with van der Waals surface area (Å²) in [7, 11) is 0. The van der Waals surface area contributed by atoms with Gasteiger partial charge in [0, 0.05) is 23.7 Å². The van der Waals surface area contributed by atoms with Gasteiger partial charge in [0.25, 0.3) is 0 Å². The van der Waals surface area contributed by atoms with E-state index in [9.17, 15) is 4.79 Å². The number of hydrogen-bond acceptors (Lipinski definition) is 4. The molecule has 0 aliphatic rings. The number of aromatic nitrogens is 4. The smallest absolute Gasteiger partial charge is 0.356 e. The summed E-state index contributed by atoms with van der Waals surface area (Å²) in [6, 6.07) is 13.8. The SMILES string of the molecule is CCOC(=O)c1cnc2ccc(-c3cccn3-c3cccc(C)n3)cn12. The van der Waals surface area contributed by atoms with Crippen LogP contribution in [0.25, 0.3) is 22.7 Å². The van der Waals surface area contributed by atoms with Gasteiger partial charge >= 0.3 is 5.97 Å². The maximum atomic E-state index is 12.1. The third kappa shape index (κ3) is 2.75. The van der Waals surface area contributed by atoms with Crippen LogP contribution in [-0.2, 0) is 4.74 Å². The summed E-state index contributed by atoms with van der Waals surface area (Å²) in [5.74, 6) is 0.467. The molecule has 0 saturated heterocycles. The lowest BCUT2D eigenvalue weighted by Crippen LogP contribution is -2.08. The fraction of sp³-hybridized carbons (Fsp3) is 0.150. The lowest BCUT2D eigenvalue weighted by Gasteiger charge is -2.10. The molecule has 4 rings (SSSR count). The quantitative estimate of drug-likeness (QED) is 0.529. The van der Waals surface area contributed by atoms with E-state index in [-0.39, 0.29) is 5.97 Å². The molecule has 4 heterocycles. The van der Waals surface area contributed by atoms with Crippen molar-refractivity contribution in [3.63, 3.8) is 0 Å². The molecule has 130 valence electrons. The molecular weight excluding hydrogens is 328 g/mol. The van der Waals surface area contributed by atoms with Crippen molar-refractivity contribution in [2.45, 2.75) is 13.8 Å². The van der Waals surface area contributed by atoms with Crippen molar-refractivity contribution in [1.29, 1.82) is 0 Å². The number of hydrogen-bond donors (Lipinski definition) is 0. The molecule has 0 amide bonds. The predicted octanol–water partition coefficient (Wildman–Crippen LogP) is 3.67. The van der Waals surface area contributed by atoms with Gasteiger partial charge < -0.3 is 9.30 Å². The van der Waals surface area contributed by atoms with E-state index in [4.69, 9.17) is 4.74 Å². The van der Waals surface area contributed by atoms with Crippen LogP contribution in [0.5, 0.6) is 0 Å². The highest BCUT2D eigenvalue weighted by atomic mass is 16.5. The maximum absolute atomic E-state index is 12.1. The summed E-state index contributed by atoms with van der Waals surface area (Å²) in [6.45, 7) is 4.08. The Labute approximate surface area is 150 Å². The maximum Gasteiger partial charge on any atom is 0.356 e. The van der Waals surface area contributed by atoms with Gasteiger partial charge in [0.2, 0.25) is 0 Å². The summed E-state index contributed by atoms with van der Waals surface area (Å²) in [5.41, 5.74) is 4.00. The van der Waals surface area contributed by atoms with Crippen molar-refractivity contribution >= 4 is 11.6 Å². The van der Waals surface area contributed by atoms with Crippen LogP contribution in [0.1, 0.15) is 23.1 Å². The van der Waals surface area contributed by atoms with E-state index in [0.29, 0.717) is 17.9 Å². The highest BCUT2D eigenvalue weighted by Gasteiger charge is 2.15. The molecule has 0 radical (unpaired) electrons. The molecule has 6 heteroatoms. The molecule has 0 N–H and O–H groups in total. The number of rotatable bonds is 4. The fourth-order valence-corrected chi connectivity index (χ4v) is 2.97. The molecule has 0 atom stereocenters. The van der Waals surface area contributed by atoms with E-state index >= 15 is 0 Å². The highest BCUT2D eigenvalue weighted by molar-refractivity contribution is 5.88. The van der Waals surface area contributed by atoms with Gasteiger partial charge in [-0.15, -0.1) is 0 Å². The van der Waals surface area contributed by atoms with Gasteiger partial charge in [-0.1, -0.05) is 6.07 Å². The second-order valence-corrected chi connectivity index (χ2v) is 5.91. The van der Waals surface area contributed by atoms with Crippen LogP contribution in [0.15, 0.2) is 61.1 Å². The largest absolute Gasteiger partial charge is 0.461 e. The molecule has 0 aliphatic heterocycles. The summed E-state index contributed by atoms with van der Waals surface area (Å²) < 4.78 is 8.90. The molecule has 0 bridgehead atoms. The molecule has 0 fully saturated rings. The molecule has 26 heavy (non-hydrogen) atoms. The first-order valence-electron chi connectivity index (χ1n) is 8.43. The molecule has 0 saturated carbocycles. The number of carbonyl (C=O) groups is 1. The van der Waals surface area contributed by atoms with Gasteiger partial charge in [-0.05, 0) is 50.2 Å². The first-order valence-corrected chi connectivity index (χ1v) is 8.43. The molecule has 6 nitrogen and oxygen atoms in total. The van der Waals surface area contributed by atoms with Crippen molar-refractivity contribution in [2.75, 3.05) is 6.61 Å². The Hall–Kier alpha value is -3.41. The van der Waals surface area contributed by atoms with Gasteiger partial charge in [-0.3, -0.25) is 4.40 Å². The number of esters is 1. The van der Waals surface area contributed by atoms with Crippen LogP contribution < -0.4 is 0 Å². The van der Waals surface area contributed by atoms with Crippen LogP contribution in [-0.4, -0.2) is 31.5 Å². The Morgan fingerprint density at radius 3 is 2.85 bits per heavy atom. The van der Waals surface area contributed by atoms with Gasteiger partial charge in [-0.25, -0.2) is 14.8 Å². The topological polar surface area (TPSA) is 61.4 Å². The number of fused-ring (bicyclic) bond motifs is 1. The van der Waals surface area contributed by atoms with Crippen LogP contribution in [0, 0.1) is 6.92 Å². The lowest BCUT2D eigenvalue weighted by atomic mass is 10.2. The van der Waals surface area contributed by atoms with E-state index in [1.165, 1.54) is 6.20 Å². The van der Waals surface area contributed by atoms with Crippen LogP contribution in [0.2, 0.25) is 0 Å². The summed E-state index contributed by atoms with van der Waals surface area (Å²) in [4.78, 5) is 21.0. The summed E-state index contributed by atoms with van der Waals surface area (Å²) in [6.07, 6.45) is 5.41. The molecule has 4 aromatic rings. The van der Waals surface area contributed by atoms with E-state index in [0.717, 1.165) is 22.8 Å². The highest BCUT2D eigenvalue weighted by Crippen LogP contribution is 2.24. The zero-order valence-corrected chi connectivity index (χ0v) is 14.6. The molecule has 0 unspecified atom stereocenters. The Bertz CT molecular complexity index is 1090. The number of carbonyl (C=O) groups excluding carboxylic acids is 1. The van der Waals surface area contributed by atoms with E-state index in [2.05, 4.69) is 9.97 Å². The van der Waals surface area contributed by atoms with E-state index in [1.807, 2.05) is 66.3 Å².